The number of cyclic esters (lactones) is 1. The summed E-state index contributed by atoms with van der Waals surface area (Å²) in [7, 11) is 0. The lowest BCUT2D eigenvalue weighted by Gasteiger charge is -2.31. The van der Waals surface area contributed by atoms with E-state index in [9.17, 15) is 4.79 Å². The van der Waals surface area contributed by atoms with E-state index in [0.29, 0.717) is 6.54 Å². The molecular formula is C19H23F2N5O2S. The summed E-state index contributed by atoms with van der Waals surface area (Å²) in [6.45, 7) is 2.50. The number of thioether (sulfide) groups is 1. The van der Waals surface area contributed by atoms with Gasteiger partial charge in [-0.15, -0.1) is 5.10 Å². The van der Waals surface area contributed by atoms with Crippen molar-refractivity contribution in [2.75, 3.05) is 28.4 Å². The first-order valence-corrected chi connectivity index (χ1v) is 11.0. The normalized spacial score (nSPS) is 24.4. The zero-order valence-electron chi connectivity index (χ0n) is 16.3. The van der Waals surface area contributed by atoms with E-state index in [4.69, 9.17) is 4.74 Å². The molecular weight excluding hydrogens is 400 g/mol. The Hall–Kier alpha value is -2.36. The summed E-state index contributed by atoms with van der Waals surface area (Å²) in [5, 5.41) is 7.56. The number of ether oxygens (including phenoxy) is 1. The summed E-state index contributed by atoms with van der Waals surface area (Å²) >= 11 is 1.67. The maximum Gasteiger partial charge on any atom is 0.414 e. The SMILES string of the molecule is CSCC1CCC(C)N1c1c(F)cc(N2CC(Cn3ccnn3)OC2=O)cc1F. The number of benzene rings is 1. The number of rotatable bonds is 6. The summed E-state index contributed by atoms with van der Waals surface area (Å²) in [5.41, 5.74) is 0.146. The molecule has 2 aliphatic rings. The first-order chi connectivity index (χ1) is 14.0. The van der Waals surface area contributed by atoms with E-state index in [1.807, 2.05) is 18.1 Å². The fourth-order valence-corrected chi connectivity index (χ4v) is 4.86. The zero-order chi connectivity index (χ0) is 20.5. The van der Waals surface area contributed by atoms with Crippen molar-refractivity contribution in [1.29, 1.82) is 0 Å². The van der Waals surface area contributed by atoms with Crippen LogP contribution in [0.25, 0.3) is 0 Å². The van der Waals surface area contributed by atoms with Crippen LogP contribution in [-0.2, 0) is 11.3 Å². The smallest absolute Gasteiger partial charge is 0.414 e. The van der Waals surface area contributed by atoms with Crippen LogP contribution in [0.4, 0.5) is 25.0 Å². The number of carbonyl (C=O) groups excluding carboxylic acids is 1. The second-order valence-electron chi connectivity index (χ2n) is 7.44. The molecule has 0 spiro atoms. The van der Waals surface area contributed by atoms with Gasteiger partial charge in [0.25, 0.3) is 0 Å². The van der Waals surface area contributed by atoms with Crippen molar-refractivity contribution < 1.29 is 18.3 Å². The number of anilines is 2. The molecule has 0 aliphatic carbocycles. The third-order valence-electron chi connectivity index (χ3n) is 5.45. The first-order valence-electron chi connectivity index (χ1n) is 9.56. The van der Waals surface area contributed by atoms with Gasteiger partial charge >= 0.3 is 6.09 Å². The van der Waals surface area contributed by atoms with Crippen LogP contribution in [0.1, 0.15) is 19.8 Å². The van der Waals surface area contributed by atoms with Crippen LogP contribution in [0.3, 0.4) is 0 Å². The summed E-state index contributed by atoms with van der Waals surface area (Å²) in [6, 6.07) is 2.60. The highest BCUT2D eigenvalue weighted by Gasteiger charge is 2.37. The first kappa shape index (κ1) is 19.9. The topological polar surface area (TPSA) is 63.5 Å². The molecule has 0 bridgehead atoms. The largest absolute Gasteiger partial charge is 0.442 e. The van der Waals surface area contributed by atoms with Crippen LogP contribution in [-0.4, -0.2) is 57.8 Å². The fourth-order valence-electron chi connectivity index (χ4n) is 4.15. The predicted molar refractivity (Wildman–Crippen MR) is 107 cm³/mol. The molecule has 0 radical (unpaired) electrons. The summed E-state index contributed by atoms with van der Waals surface area (Å²) in [6.07, 6.45) is 5.88. The molecule has 2 aliphatic heterocycles. The Morgan fingerprint density at radius 2 is 2.03 bits per heavy atom. The van der Waals surface area contributed by atoms with Gasteiger partial charge in [0.2, 0.25) is 0 Å². The molecule has 10 heteroatoms. The number of halogens is 2. The molecule has 3 unspecified atom stereocenters. The molecule has 4 rings (SSSR count). The van der Waals surface area contributed by atoms with Crippen molar-refractivity contribution >= 4 is 29.2 Å². The molecule has 29 heavy (non-hydrogen) atoms. The maximum absolute atomic E-state index is 15.0. The van der Waals surface area contributed by atoms with Gasteiger partial charge in [-0.2, -0.15) is 11.8 Å². The third-order valence-corrected chi connectivity index (χ3v) is 6.17. The average molecular weight is 423 g/mol. The Balaban J connectivity index is 1.56. The summed E-state index contributed by atoms with van der Waals surface area (Å²) in [5.74, 6) is -0.507. The Kier molecular flexibility index (Phi) is 5.62. The van der Waals surface area contributed by atoms with E-state index < -0.39 is 23.8 Å². The lowest BCUT2D eigenvalue weighted by molar-refractivity contribution is 0.129. The maximum atomic E-state index is 15.0. The minimum absolute atomic E-state index is 0.00969. The van der Waals surface area contributed by atoms with E-state index >= 15 is 8.78 Å². The van der Waals surface area contributed by atoms with E-state index in [1.165, 1.54) is 23.2 Å². The molecule has 7 nitrogen and oxygen atoms in total. The molecule has 0 saturated carbocycles. The highest BCUT2D eigenvalue weighted by molar-refractivity contribution is 7.98. The van der Waals surface area contributed by atoms with Gasteiger partial charge in [-0.1, -0.05) is 5.21 Å². The van der Waals surface area contributed by atoms with Crippen molar-refractivity contribution in [3.05, 3.63) is 36.2 Å². The molecule has 3 heterocycles. The molecule has 2 fully saturated rings. The second kappa shape index (κ2) is 8.17. The molecule has 1 aromatic heterocycles. The van der Waals surface area contributed by atoms with Crippen molar-refractivity contribution in [1.82, 2.24) is 15.0 Å². The highest BCUT2D eigenvalue weighted by Crippen LogP contribution is 2.37. The number of amides is 1. The minimum atomic E-state index is -0.660. The fraction of sp³-hybridized carbons (Fsp3) is 0.526. The predicted octanol–water partition coefficient (Wildman–Crippen LogP) is 3.30. The van der Waals surface area contributed by atoms with Crippen LogP contribution in [0, 0.1) is 11.6 Å². The van der Waals surface area contributed by atoms with Crippen LogP contribution in [0.2, 0.25) is 0 Å². The lowest BCUT2D eigenvalue weighted by Crippen LogP contribution is -2.37. The minimum Gasteiger partial charge on any atom is -0.442 e. The lowest BCUT2D eigenvalue weighted by atomic mass is 10.2. The number of nitrogens with zero attached hydrogens (tertiary/aromatic N) is 5. The Morgan fingerprint density at radius 1 is 1.28 bits per heavy atom. The van der Waals surface area contributed by atoms with Gasteiger partial charge in [0.05, 0.1) is 25.0 Å². The molecule has 1 amide bonds. The van der Waals surface area contributed by atoms with Crippen LogP contribution < -0.4 is 9.80 Å². The number of hydrogen-bond donors (Lipinski definition) is 0. The standard InChI is InChI=1S/C19H23F2N5O2S/c1-12-3-4-13(11-29-2)26(12)18-16(20)7-14(8-17(18)21)25-10-15(28-19(25)27)9-24-6-5-22-23-24/h5-8,12-13,15H,3-4,9-11H2,1-2H3. The van der Waals surface area contributed by atoms with Crippen LogP contribution >= 0.6 is 11.8 Å². The average Bonchev–Trinajstić information content (AvgIpc) is 3.38. The summed E-state index contributed by atoms with van der Waals surface area (Å²) < 4.78 is 37.0. The molecule has 2 aromatic rings. The second-order valence-corrected chi connectivity index (χ2v) is 8.35. The quantitative estimate of drug-likeness (QED) is 0.711. The van der Waals surface area contributed by atoms with Crippen molar-refractivity contribution in [3.8, 4) is 0 Å². The summed E-state index contributed by atoms with van der Waals surface area (Å²) in [4.78, 5) is 15.4. The van der Waals surface area contributed by atoms with Crippen molar-refractivity contribution in [2.24, 2.45) is 0 Å². The highest BCUT2D eigenvalue weighted by atomic mass is 32.2. The number of carbonyl (C=O) groups is 1. The third kappa shape index (κ3) is 3.90. The van der Waals surface area contributed by atoms with Gasteiger partial charge in [0.15, 0.2) is 11.6 Å². The van der Waals surface area contributed by atoms with Gasteiger partial charge < -0.3 is 9.64 Å². The van der Waals surface area contributed by atoms with Crippen LogP contribution in [0.5, 0.6) is 0 Å². The van der Waals surface area contributed by atoms with Gasteiger partial charge in [0, 0.05) is 36.2 Å². The van der Waals surface area contributed by atoms with E-state index in [1.54, 1.807) is 22.6 Å². The van der Waals surface area contributed by atoms with Gasteiger partial charge in [0.1, 0.15) is 11.8 Å². The Morgan fingerprint density at radius 3 is 2.69 bits per heavy atom. The Bertz CT molecular complexity index is 856. The van der Waals surface area contributed by atoms with E-state index in [-0.39, 0.29) is 30.0 Å². The number of aromatic nitrogens is 3. The van der Waals surface area contributed by atoms with E-state index in [2.05, 4.69) is 10.3 Å². The molecule has 0 N–H and O–H groups in total. The molecule has 2 saturated heterocycles. The zero-order valence-corrected chi connectivity index (χ0v) is 17.1. The van der Waals surface area contributed by atoms with Gasteiger partial charge in [-0.3, -0.25) is 4.90 Å². The molecule has 1 aromatic carbocycles. The molecule has 3 atom stereocenters. The monoisotopic (exact) mass is 423 g/mol. The van der Waals surface area contributed by atoms with Crippen LogP contribution in [0.15, 0.2) is 24.5 Å². The Labute approximate surface area is 172 Å². The van der Waals surface area contributed by atoms with Gasteiger partial charge in [-0.25, -0.2) is 18.3 Å². The van der Waals surface area contributed by atoms with E-state index in [0.717, 1.165) is 18.6 Å². The van der Waals surface area contributed by atoms with Gasteiger partial charge in [-0.05, 0) is 26.0 Å². The molecule has 156 valence electrons. The van der Waals surface area contributed by atoms with Crippen molar-refractivity contribution in [2.45, 2.75) is 44.5 Å². The van der Waals surface area contributed by atoms with Crippen molar-refractivity contribution in [3.63, 3.8) is 0 Å². The number of hydrogen-bond acceptors (Lipinski definition) is 6.